The van der Waals surface area contributed by atoms with Crippen LogP contribution in [0.25, 0.3) is 0 Å². The van der Waals surface area contributed by atoms with Crippen molar-refractivity contribution in [2.45, 2.75) is 34.1 Å². The van der Waals surface area contributed by atoms with Gasteiger partial charge in [0, 0.05) is 0 Å². The van der Waals surface area contributed by atoms with Crippen LogP contribution >= 0.6 is 0 Å². The lowest BCUT2D eigenvalue weighted by Crippen LogP contribution is -1.86. The second-order valence-electron chi connectivity index (χ2n) is 2.73. The van der Waals surface area contributed by atoms with Crippen molar-refractivity contribution in [2.24, 2.45) is 5.92 Å². The van der Waals surface area contributed by atoms with Crippen molar-refractivity contribution >= 4 is 0 Å². The van der Waals surface area contributed by atoms with E-state index in [4.69, 9.17) is 0 Å². The molecule has 0 radical (unpaired) electrons. The molecule has 0 aliphatic rings. The molecule has 0 aromatic rings. The van der Waals surface area contributed by atoms with Crippen LogP contribution in [0.5, 0.6) is 0 Å². The Morgan fingerprint density at radius 3 is 2.12 bits per heavy atom. The van der Waals surface area contributed by atoms with E-state index < -0.39 is 0 Å². The molecular formula is C8H16. The summed E-state index contributed by atoms with van der Waals surface area (Å²) in [5.41, 5.74) is 1.50. The first kappa shape index (κ1) is 7.74. The Morgan fingerprint density at radius 2 is 2.00 bits per heavy atom. The quantitative estimate of drug-likeness (QED) is 0.482. The Morgan fingerprint density at radius 1 is 1.50 bits per heavy atom. The van der Waals surface area contributed by atoms with Crippen LogP contribution < -0.4 is 0 Å². The molecule has 0 aromatic carbocycles. The summed E-state index contributed by atoms with van der Waals surface area (Å²) in [5, 5.41) is 0. The highest BCUT2D eigenvalue weighted by molar-refractivity contribution is 4.95. The van der Waals surface area contributed by atoms with Crippen LogP contribution in [0.15, 0.2) is 11.6 Å². The molecule has 0 N–H and O–H groups in total. The Balaban J connectivity index is 3.39. The average molecular weight is 112 g/mol. The summed E-state index contributed by atoms with van der Waals surface area (Å²) < 4.78 is 0. The Labute approximate surface area is 52.6 Å². The Hall–Kier alpha value is -0.260. The predicted molar refractivity (Wildman–Crippen MR) is 38.9 cm³/mol. The van der Waals surface area contributed by atoms with E-state index in [2.05, 4.69) is 33.8 Å². The van der Waals surface area contributed by atoms with Gasteiger partial charge in [-0.2, -0.15) is 0 Å². The molecule has 0 saturated heterocycles. The van der Waals surface area contributed by atoms with Gasteiger partial charge in [-0.25, -0.2) is 0 Å². The molecule has 0 atom stereocenters. The molecule has 0 spiro atoms. The number of hydrogen-bond donors (Lipinski definition) is 0. The summed E-state index contributed by atoms with van der Waals surface area (Å²) in [4.78, 5) is 0. The molecule has 0 rings (SSSR count). The van der Waals surface area contributed by atoms with Gasteiger partial charge in [0.2, 0.25) is 0 Å². The fourth-order valence-corrected chi connectivity index (χ4v) is 0.762. The molecule has 0 aliphatic carbocycles. The lowest BCUT2D eigenvalue weighted by Gasteiger charge is -2.01. The van der Waals surface area contributed by atoms with Crippen molar-refractivity contribution in [1.82, 2.24) is 0 Å². The standard InChI is InChI=1S/C8H16/c1-5-8(4)6-7(2)3/h5,7H,6H2,1-4H3/b8-5-. The van der Waals surface area contributed by atoms with Crippen molar-refractivity contribution in [3.05, 3.63) is 11.6 Å². The van der Waals surface area contributed by atoms with Crippen LogP contribution in [-0.4, -0.2) is 0 Å². The lowest BCUT2D eigenvalue weighted by molar-refractivity contribution is 0.642. The Bertz CT molecular complexity index is 78.0. The second kappa shape index (κ2) is 3.71. The van der Waals surface area contributed by atoms with E-state index in [1.54, 1.807) is 0 Å². The van der Waals surface area contributed by atoms with Crippen LogP contribution in [-0.2, 0) is 0 Å². The molecule has 0 heterocycles. The number of rotatable bonds is 2. The molecule has 0 unspecified atom stereocenters. The normalized spacial score (nSPS) is 12.9. The van der Waals surface area contributed by atoms with Gasteiger partial charge in [0.25, 0.3) is 0 Å². The molecule has 0 amide bonds. The highest BCUT2D eigenvalue weighted by Gasteiger charge is 1.91. The molecule has 0 fully saturated rings. The van der Waals surface area contributed by atoms with Crippen molar-refractivity contribution in [1.29, 1.82) is 0 Å². The molecule has 0 aliphatic heterocycles. The molecule has 0 aromatic heterocycles. The molecule has 0 heteroatoms. The van der Waals surface area contributed by atoms with Crippen LogP contribution in [0.1, 0.15) is 34.1 Å². The highest BCUT2D eigenvalue weighted by atomic mass is 14.0. The molecular weight excluding hydrogens is 96.1 g/mol. The van der Waals surface area contributed by atoms with Crippen LogP contribution in [0.3, 0.4) is 0 Å². The van der Waals surface area contributed by atoms with E-state index >= 15 is 0 Å². The van der Waals surface area contributed by atoms with E-state index in [1.165, 1.54) is 12.0 Å². The van der Waals surface area contributed by atoms with Crippen molar-refractivity contribution in [2.75, 3.05) is 0 Å². The molecule has 48 valence electrons. The van der Waals surface area contributed by atoms with Gasteiger partial charge in [0.15, 0.2) is 0 Å². The van der Waals surface area contributed by atoms with Crippen molar-refractivity contribution < 1.29 is 0 Å². The van der Waals surface area contributed by atoms with Gasteiger partial charge in [-0.1, -0.05) is 25.5 Å². The van der Waals surface area contributed by atoms with Crippen LogP contribution in [0.4, 0.5) is 0 Å². The van der Waals surface area contributed by atoms with Gasteiger partial charge < -0.3 is 0 Å². The molecule has 0 saturated carbocycles. The molecule has 0 bridgehead atoms. The highest BCUT2D eigenvalue weighted by Crippen LogP contribution is 2.08. The fraction of sp³-hybridized carbons (Fsp3) is 0.750. The fourth-order valence-electron chi connectivity index (χ4n) is 0.762. The second-order valence-corrected chi connectivity index (χ2v) is 2.73. The maximum Gasteiger partial charge on any atom is -0.0300 e. The van der Waals surface area contributed by atoms with E-state index in [-0.39, 0.29) is 0 Å². The zero-order valence-corrected chi connectivity index (χ0v) is 6.36. The third kappa shape index (κ3) is 3.91. The van der Waals surface area contributed by atoms with Gasteiger partial charge >= 0.3 is 0 Å². The Kier molecular flexibility index (Phi) is 3.59. The topological polar surface area (TPSA) is 0 Å². The van der Waals surface area contributed by atoms with Gasteiger partial charge in [-0.15, -0.1) is 0 Å². The zero-order valence-electron chi connectivity index (χ0n) is 6.36. The minimum atomic E-state index is 0.811. The number of hydrogen-bond acceptors (Lipinski definition) is 0. The summed E-state index contributed by atoms with van der Waals surface area (Å²) >= 11 is 0. The van der Waals surface area contributed by atoms with E-state index in [0.717, 1.165) is 5.92 Å². The van der Waals surface area contributed by atoms with Gasteiger partial charge in [0.1, 0.15) is 0 Å². The lowest BCUT2D eigenvalue weighted by atomic mass is 10.0. The zero-order chi connectivity index (χ0) is 6.57. The summed E-state index contributed by atoms with van der Waals surface area (Å²) in [6, 6.07) is 0. The van der Waals surface area contributed by atoms with E-state index in [1.807, 2.05) is 0 Å². The summed E-state index contributed by atoms with van der Waals surface area (Å²) in [7, 11) is 0. The van der Waals surface area contributed by atoms with Gasteiger partial charge in [-0.3, -0.25) is 0 Å². The third-order valence-corrected chi connectivity index (χ3v) is 1.22. The van der Waals surface area contributed by atoms with E-state index in [0.29, 0.717) is 0 Å². The summed E-state index contributed by atoms with van der Waals surface area (Å²) in [6.07, 6.45) is 3.43. The maximum absolute atomic E-state index is 2.24. The predicted octanol–water partition coefficient (Wildman–Crippen LogP) is 3.00. The van der Waals surface area contributed by atoms with Gasteiger partial charge in [-0.05, 0) is 26.2 Å². The van der Waals surface area contributed by atoms with Crippen molar-refractivity contribution in [3.8, 4) is 0 Å². The minimum absolute atomic E-state index is 0.811. The largest absolute Gasteiger partial charge is 0.0887 e. The molecule has 0 nitrogen and oxygen atoms in total. The maximum atomic E-state index is 2.24. The van der Waals surface area contributed by atoms with Crippen LogP contribution in [0, 0.1) is 5.92 Å². The first-order valence-corrected chi connectivity index (χ1v) is 3.28. The minimum Gasteiger partial charge on any atom is -0.0887 e. The SMILES string of the molecule is C/C=C(/C)CC(C)C. The monoisotopic (exact) mass is 112 g/mol. The first-order chi connectivity index (χ1) is 3.66. The number of allylic oxidation sites excluding steroid dienone is 2. The summed E-state index contributed by atoms with van der Waals surface area (Å²) in [5.74, 6) is 0.811. The van der Waals surface area contributed by atoms with Crippen LogP contribution in [0.2, 0.25) is 0 Å². The molecule has 8 heavy (non-hydrogen) atoms. The van der Waals surface area contributed by atoms with Gasteiger partial charge in [0.05, 0.1) is 0 Å². The van der Waals surface area contributed by atoms with E-state index in [9.17, 15) is 0 Å². The first-order valence-electron chi connectivity index (χ1n) is 3.28. The smallest absolute Gasteiger partial charge is 0.0300 e. The average Bonchev–Trinajstić information content (AvgIpc) is 1.65. The summed E-state index contributed by atoms with van der Waals surface area (Å²) in [6.45, 7) is 8.76. The van der Waals surface area contributed by atoms with Crippen molar-refractivity contribution in [3.63, 3.8) is 0 Å². The third-order valence-electron chi connectivity index (χ3n) is 1.22.